The fourth-order valence-electron chi connectivity index (χ4n) is 1.63. The lowest BCUT2D eigenvalue weighted by Gasteiger charge is -2.07. The van der Waals surface area contributed by atoms with Gasteiger partial charge in [0, 0.05) is 23.8 Å². The molecule has 1 unspecified atom stereocenters. The summed E-state index contributed by atoms with van der Waals surface area (Å²) in [7, 11) is 0. The van der Waals surface area contributed by atoms with Crippen LogP contribution in [0.25, 0.3) is 4.96 Å². The van der Waals surface area contributed by atoms with Gasteiger partial charge in [0.2, 0.25) is 0 Å². The number of hydrogen-bond donors (Lipinski definition) is 1. The first kappa shape index (κ1) is 12.9. The van der Waals surface area contributed by atoms with E-state index < -0.39 is 0 Å². The predicted octanol–water partition coefficient (Wildman–Crippen LogP) is 3.04. The molecule has 94 valence electrons. The zero-order valence-corrected chi connectivity index (χ0v) is 12.0. The van der Waals surface area contributed by atoms with Crippen LogP contribution in [0.15, 0.2) is 16.6 Å². The third kappa shape index (κ3) is 2.84. The number of rotatable bonds is 6. The quantitative estimate of drug-likeness (QED) is 0.820. The predicted molar refractivity (Wildman–Crippen MR) is 76.0 cm³/mol. The van der Waals surface area contributed by atoms with E-state index in [1.54, 1.807) is 11.3 Å². The molecule has 0 aromatic carbocycles. The maximum atomic E-state index is 5.68. The van der Waals surface area contributed by atoms with Gasteiger partial charge in [0.15, 0.2) is 4.96 Å². The molecule has 0 radical (unpaired) electrons. The highest BCUT2D eigenvalue weighted by molar-refractivity contribution is 7.99. The molecule has 2 N–H and O–H groups in total. The fourth-order valence-corrected chi connectivity index (χ4v) is 3.62. The van der Waals surface area contributed by atoms with Crippen LogP contribution in [0.5, 0.6) is 0 Å². The van der Waals surface area contributed by atoms with Crippen LogP contribution in [0.1, 0.15) is 26.0 Å². The molecule has 2 heterocycles. The van der Waals surface area contributed by atoms with Crippen molar-refractivity contribution >= 4 is 28.1 Å². The lowest BCUT2D eigenvalue weighted by Crippen LogP contribution is -2.06. The second-order valence-electron chi connectivity index (χ2n) is 4.28. The molecular weight excluding hydrogens is 250 g/mol. The molecule has 0 saturated heterocycles. The van der Waals surface area contributed by atoms with Crippen LogP contribution in [0.3, 0.4) is 0 Å². The standard InChI is InChI=1S/C12H19N3S2/c1-3-9(2)8-17-11-10(4-5-13)15-6-7-16-12(15)14-11/h6-7,9H,3-5,8,13H2,1-2H3. The molecule has 0 aliphatic heterocycles. The molecule has 0 aliphatic carbocycles. The first-order chi connectivity index (χ1) is 8.26. The Morgan fingerprint density at radius 3 is 3.12 bits per heavy atom. The van der Waals surface area contributed by atoms with Crippen molar-refractivity contribution in [2.24, 2.45) is 11.7 Å². The summed E-state index contributed by atoms with van der Waals surface area (Å²) < 4.78 is 2.18. The molecular formula is C12H19N3S2. The number of imidazole rings is 1. The highest BCUT2D eigenvalue weighted by atomic mass is 32.2. The van der Waals surface area contributed by atoms with Crippen LogP contribution in [-0.2, 0) is 6.42 Å². The van der Waals surface area contributed by atoms with Crippen molar-refractivity contribution in [1.29, 1.82) is 0 Å². The summed E-state index contributed by atoms with van der Waals surface area (Å²) in [6.07, 6.45) is 4.22. The van der Waals surface area contributed by atoms with Crippen LogP contribution < -0.4 is 5.73 Å². The Kier molecular flexibility index (Phi) is 4.48. The molecule has 3 nitrogen and oxygen atoms in total. The van der Waals surface area contributed by atoms with Crippen LogP contribution in [0.2, 0.25) is 0 Å². The van der Waals surface area contributed by atoms with Gasteiger partial charge >= 0.3 is 0 Å². The van der Waals surface area contributed by atoms with Crippen molar-refractivity contribution in [1.82, 2.24) is 9.38 Å². The average Bonchev–Trinajstić information content (AvgIpc) is 2.89. The second kappa shape index (κ2) is 5.89. The van der Waals surface area contributed by atoms with E-state index in [1.165, 1.54) is 17.1 Å². The Labute approximate surface area is 110 Å². The normalized spacial score (nSPS) is 13.4. The van der Waals surface area contributed by atoms with E-state index in [9.17, 15) is 0 Å². The minimum Gasteiger partial charge on any atom is -0.330 e. The molecule has 0 saturated carbocycles. The largest absolute Gasteiger partial charge is 0.330 e. The lowest BCUT2D eigenvalue weighted by atomic mass is 10.2. The Balaban J connectivity index is 2.19. The SMILES string of the molecule is CCC(C)CSc1nc2sccn2c1CCN. The summed E-state index contributed by atoms with van der Waals surface area (Å²) in [5, 5.41) is 3.24. The third-order valence-corrected chi connectivity index (χ3v) is 5.00. The Hall–Kier alpha value is -0.520. The molecule has 0 amide bonds. The topological polar surface area (TPSA) is 43.3 Å². The van der Waals surface area contributed by atoms with E-state index in [0.29, 0.717) is 6.54 Å². The van der Waals surface area contributed by atoms with Gasteiger partial charge in [0.1, 0.15) is 5.03 Å². The number of nitrogens with zero attached hydrogens (tertiary/aromatic N) is 2. The summed E-state index contributed by atoms with van der Waals surface area (Å²) in [4.78, 5) is 5.77. The van der Waals surface area contributed by atoms with E-state index in [-0.39, 0.29) is 0 Å². The van der Waals surface area contributed by atoms with Gasteiger partial charge in [-0.15, -0.1) is 23.1 Å². The molecule has 0 fully saturated rings. The first-order valence-electron chi connectivity index (χ1n) is 6.03. The van der Waals surface area contributed by atoms with Crippen LogP contribution >= 0.6 is 23.1 Å². The molecule has 5 heteroatoms. The zero-order chi connectivity index (χ0) is 12.3. The van der Waals surface area contributed by atoms with Gasteiger partial charge < -0.3 is 5.73 Å². The highest BCUT2D eigenvalue weighted by Crippen LogP contribution is 2.28. The van der Waals surface area contributed by atoms with Gasteiger partial charge in [-0.2, -0.15) is 0 Å². The summed E-state index contributed by atoms with van der Waals surface area (Å²) in [6, 6.07) is 0. The smallest absolute Gasteiger partial charge is 0.194 e. The summed E-state index contributed by atoms with van der Waals surface area (Å²) in [6.45, 7) is 5.20. The number of fused-ring (bicyclic) bond motifs is 1. The van der Waals surface area contributed by atoms with E-state index in [2.05, 4.69) is 34.8 Å². The van der Waals surface area contributed by atoms with Gasteiger partial charge in [0.25, 0.3) is 0 Å². The number of thioether (sulfide) groups is 1. The van der Waals surface area contributed by atoms with Gasteiger partial charge in [-0.05, 0) is 12.5 Å². The second-order valence-corrected chi connectivity index (χ2v) is 6.16. The Bertz CT molecular complexity index is 475. The van der Waals surface area contributed by atoms with E-state index >= 15 is 0 Å². The third-order valence-electron chi connectivity index (χ3n) is 2.91. The number of hydrogen-bond acceptors (Lipinski definition) is 4. The molecule has 2 aromatic rings. The number of nitrogens with two attached hydrogens (primary N) is 1. The molecule has 0 bridgehead atoms. The maximum Gasteiger partial charge on any atom is 0.194 e. The molecule has 17 heavy (non-hydrogen) atoms. The maximum absolute atomic E-state index is 5.68. The monoisotopic (exact) mass is 269 g/mol. The molecule has 1 atom stereocenters. The fraction of sp³-hybridized carbons (Fsp3) is 0.583. The van der Waals surface area contributed by atoms with E-state index in [0.717, 1.165) is 23.1 Å². The van der Waals surface area contributed by atoms with Crippen LogP contribution in [0, 0.1) is 5.92 Å². The summed E-state index contributed by atoms with van der Waals surface area (Å²) >= 11 is 3.56. The van der Waals surface area contributed by atoms with Crippen LogP contribution in [0.4, 0.5) is 0 Å². The number of aromatic nitrogens is 2. The molecule has 0 aliphatic rings. The Morgan fingerprint density at radius 1 is 1.59 bits per heavy atom. The van der Waals surface area contributed by atoms with Crippen molar-refractivity contribution in [3.63, 3.8) is 0 Å². The van der Waals surface area contributed by atoms with E-state index in [1.807, 2.05) is 11.8 Å². The first-order valence-corrected chi connectivity index (χ1v) is 7.90. The van der Waals surface area contributed by atoms with Crippen molar-refractivity contribution in [3.8, 4) is 0 Å². The Morgan fingerprint density at radius 2 is 2.41 bits per heavy atom. The minimum atomic E-state index is 0.681. The molecule has 2 rings (SSSR count). The average molecular weight is 269 g/mol. The van der Waals surface area contributed by atoms with Gasteiger partial charge in [-0.25, -0.2) is 4.98 Å². The van der Waals surface area contributed by atoms with Crippen molar-refractivity contribution in [2.75, 3.05) is 12.3 Å². The zero-order valence-electron chi connectivity index (χ0n) is 10.3. The summed E-state index contributed by atoms with van der Waals surface area (Å²) in [5.74, 6) is 1.88. The van der Waals surface area contributed by atoms with Crippen LogP contribution in [-0.4, -0.2) is 21.7 Å². The van der Waals surface area contributed by atoms with Gasteiger partial charge in [0.05, 0.1) is 5.69 Å². The molecule has 0 spiro atoms. The van der Waals surface area contributed by atoms with E-state index in [4.69, 9.17) is 5.73 Å². The molecule has 2 aromatic heterocycles. The van der Waals surface area contributed by atoms with Crippen molar-refractivity contribution in [2.45, 2.75) is 31.7 Å². The minimum absolute atomic E-state index is 0.681. The highest BCUT2D eigenvalue weighted by Gasteiger charge is 2.13. The van der Waals surface area contributed by atoms with Crippen molar-refractivity contribution < 1.29 is 0 Å². The summed E-state index contributed by atoms with van der Waals surface area (Å²) in [5.41, 5.74) is 6.96. The van der Waals surface area contributed by atoms with Gasteiger partial charge in [-0.1, -0.05) is 20.3 Å². The number of thiazole rings is 1. The van der Waals surface area contributed by atoms with Gasteiger partial charge in [-0.3, -0.25) is 4.40 Å². The lowest BCUT2D eigenvalue weighted by molar-refractivity contribution is 0.636. The van der Waals surface area contributed by atoms with Crippen molar-refractivity contribution in [3.05, 3.63) is 17.3 Å².